The van der Waals surface area contributed by atoms with E-state index in [9.17, 15) is 0 Å². The summed E-state index contributed by atoms with van der Waals surface area (Å²) in [4.78, 5) is 7.67. The van der Waals surface area contributed by atoms with Gasteiger partial charge < -0.3 is 15.1 Å². The highest BCUT2D eigenvalue weighted by atomic mass is 15.3. The molecule has 0 radical (unpaired) electrons. The van der Waals surface area contributed by atoms with Gasteiger partial charge in [0.05, 0.1) is 0 Å². The Morgan fingerprint density at radius 2 is 1.71 bits per heavy atom. The molecular weight excluding hydrogens is 212 g/mol. The lowest BCUT2D eigenvalue weighted by Crippen LogP contribution is -2.47. The molecule has 2 rings (SSSR count). The molecule has 0 aromatic heterocycles. The van der Waals surface area contributed by atoms with Crippen molar-refractivity contribution >= 4 is 0 Å². The average Bonchev–Trinajstić information content (AvgIpc) is 2.53. The maximum absolute atomic E-state index is 3.56. The third-order valence-electron chi connectivity index (χ3n) is 4.00. The van der Waals surface area contributed by atoms with E-state index in [1.807, 2.05) is 0 Å². The molecular formula is C13H28N4. The maximum Gasteiger partial charge on any atom is 0.0166 e. The van der Waals surface area contributed by atoms with Gasteiger partial charge in [-0.25, -0.2) is 0 Å². The molecule has 1 unspecified atom stereocenters. The Hall–Kier alpha value is -0.160. The fraction of sp³-hybridized carbons (Fsp3) is 1.00. The zero-order valence-electron chi connectivity index (χ0n) is 11.5. The van der Waals surface area contributed by atoms with E-state index in [0.29, 0.717) is 6.04 Å². The molecule has 100 valence electrons. The van der Waals surface area contributed by atoms with Crippen LogP contribution in [-0.2, 0) is 0 Å². The second-order valence-electron chi connectivity index (χ2n) is 5.65. The molecule has 2 fully saturated rings. The zero-order chi connectivity index (χ0) is 12.1. The van der Waals surface area contributed by atoms with Gasteiger partial charge in [-0.15, -0.1) is 0 Å². The van der Waals surface area contributed by atoms with Gasteiger partial charge >= 0.3 is 0 Å². The first-order valence-electron chi connectivity index (χ1n) is 7.10. The summed E-state index contributed by atoms with van der Waals surface area (Å²) in [7, 11) is 2.22. The lowest BCUT2D eigenvalue weighted by molar-refractivity contribution is 0.135. The third kappa shape index (κ3) is 4.54. The third-order valence-corrected chi connectivity index (χ3v) is 4.00. The molecule has 0 amide bonds. The average molecular weight is 240 g/mol. The highest BCUT2D eigenvalue weighted by Gasteiger charge is 2.17. The standard InChI is InChI=1S/C13H28N4/c1-13-12-17(5-3-4-14-13)11-10-16-8-6-15(2)7-9-16/h13-14H,3-12H2,1-2H3. The fourth-order valence-electron chi connectivity index (χ4n) is 2.75. The van der Waals surface area contributed by atoms with Crippen molar-refractivity contribution in [2.45, 2.75) is 19.4 Å². The SMILES string of the molecule is CC1CN(CCN2CCN(C)CC2)CCCN1. The van der Waals surface area contributed by atoms with Gasteiger partial charge in [-0.2, -0.15) is 0 Å². The number of nitrogens with one attached hydrogen (secondary N) is 1. The Labute approximate surface area is 106 Å². The van der Waals surface area contributed by atoms with Crippen molar-refractivity contribution in [3.8, 4) is 0 Å². The first-order chi connectivity index (χ1) is 8.24. The van der Waals surface area contributed by atoms with Crippen LogP contribution in [0.2, 0.25) is 0 Å². The second-order valence-corrected chi connectivity index (χ2v) is 5.65. The van der Waals surface area contributed by atoms with Gasteiger partial charge in [0, 0.05) is 51.9 Å². The Morgan fingerprint density at radius 3 is 2.47 bits per heavy atom. The zero-order valence-corrected chi connectivity index (χ0v) is 11.5. The van der Waals surface area contributed by atoms with Gasteiger partial charge in [0.1, 0.15) is 0 Å². The minimum atomic E-state index is 0.657. The highest BCUT2D eigenvalue weighted by Crippen LogP contribution is 2.03. The van der Waals surface area contributed by atoms with Crippen molar-refractivity contribution in [3.63, 3.8) is 0 Å². The van der Waals surface area contributed by atoms with Crippen LogP contribution in [0.15, 0.2) is 0 Å². The van der Waals surface area contributed by atoms with E-state index in [-0.39, 0.29) is 0 Å². The highest BCUT2D eigenvalue weighted by molar-refractivity contribution is 4.75. The Morgan fingerprint density at radius 1 is 1.00 bits per heavy atom. The van der Waals surface area contributed by atoms with Crippen LogP contribution in [0.25, 0.3) is 0 Å². The number of rotatable bonds is 3. The van der Waals surface area contributed by atoms with Crippen molar-refractivity contribution in [1.82, 2.24) is 20.0 Å². The van der Waals surface area contributed by atoms with E-state index in [1.165, 1.54) is 65.3 Å². The molecule has 1 atom stereocenters. The monoisotopic (exact) mass is 240 g/mol. The fourth-order valence-corrected chi connectivity index (χ4v) is 2.75. The summed E-state index contributed by atoms with van der Waals surface area (Å²) in [5.41, 5.74) is 0. The van der Waals surface area contributed by atoms with Gasteiger partial charge in [0.2, 0.25) is 0 Å². The van der Waals surface area contributed by atoms with Crippen LogP contribution < -0.4 is 5.32 Å². The molecule has 4 heteroatoms. The van der Waals surface area contributed by atoms with Crippen molar-refractivity contribution < 1.29 is 0 Å². The molecule has 4 nitrogen and oxygen atoms in total. The predicted molar refractivity (Wildman–Crippen MR) is 72.5 cm³/mol. The van der Waals surface area contributed by atoms with E-state index < -0.39 is 0 Å². The van der Waals surface area contributed by atoms with Gasteiger partial charge in [0.15, 0.2) is 0 Å². The second kappa shape index (κ2) is 6.69. The summed E-state index contributed by atoms with van der Waals surface area (Å²) in [6.45, 7) is 13.4. The Balaban J connectivity index is 1.66. The van der Waals surface area contributed by atoms with E-state index in [0.717, 1.165) is 0 Å². The van der Waals surface area contributed by atoms with Crippen LogP contribution in [0.1, 0.15) is 13.3 Å². The van der Waals surface area contributed by atoms with Crippen LogP contribution in [0.5, 0.6) is 0 Å². The van der Waals surface area contributed by atoms with Crippen LogP contribution >= 0.6 is 0 Å². The lowest BCUT2D eigenvalue weighted by atomic mass is 10.3. The first kappa shape index (κ1) is 13.3. The topological polar surface area (TPSA) is 21.8 Å². The van der Waals surface area contributed by atoms with E-state index in [2.05, 4.69) is 34.0 Å². The summed E-state index contributed by atoms with van der Waals surface area (Å²) in [5, 5.41) is 3.56. The van der Waals surface area contributed by atoms with E-state index in [4.69, 9.17) is 0 Å². The minimum absolute atomic E-state index is 0.657. The summed E-state index contributed by atoms with van der Waals surface area (Å²) >= 11 is 0. The molecule has 1 N–H and O–H groups in total. The quantitative estimate of drug-likeness (QED) is 0.745. The van der Waals surface area contributed by atoms with Crippen LogP contribution in [-0.4, -0.2) is 86.7 Å². The number of piperazine rings is 1. The molecule has 0 aliphatic carbocycles. The van der Waals surface area contributed by atoms with Crippen molar-refractivity contribution in [2.75, 3.05) is 66.0 Å². The number of hydrogen-bond acceptors (Lipinski definition) is 4. The van der Waals surface area contributed by atoms with Crippen LogP contribution in [0.3, 0.4) is 0 Å². The minimum Gasteiger partial charge on any atom is -0.313 e. The molecule has 0 spiro atoms. The van der Waals surface area contributed by atoms with Gasteiger partial charge in [-0.1, -0.05) is 0 Å². The van der Waals surface area contributed by atoms with Gasteiger partial charge in [-0.3, -0.25) is 4.90 Å². The predicted octanol–water partition coefficient (Wildman–Crippen LogP) is -0.0824. The molecule has 2 aliphatic heterocycles. The number of likely N-dealkylation sites (N-methyl/N-ethyl adjacent to an activating group) is 1. The largest absolute Gasteiger partial charge is 0.313 e. The molecule has 0 saturated carbocycles. The van der Waals surface area contributed by atoms with Crippen LogP contribution in [0.4, 0.5) is 0 Å². The first-order valence-corrected chi connectivity index (χ1v) is 7.10. The van der Waals surface area contributed by atoms with Crippen molar-refractivity contribution in [2.24, 2.45) is 0 Å². The van der Waals surface area contributed by atoms with Crippen molar-refractivity contribution in [1.29, 1.82) is 0 Å². The van der Waals surface area contributed by atoms with Gasteiger partial charge in [-0.05, 0) is 33.5 Å². The lowest BCUT2D eigenvalue weighted by Gasteiger charge is -2.34. The summed E-state index contributed by atoms with van der Waals surface area (Å²) < 4.78 is 0. The van der Waals surface area contributed by atoms with Gasteiger partial charge in [0.25, 0.3) is 0 Å². The summed E-state index contributed by atoms with van der Waals surface area (Å²) in [6.07, 6.45) is 1.30. The van der Waals surface area contributed by atoms with Crippen molar-refractivity contribution in [3.05, 3.63) is 0 Å². The smallest absolute Gasteiger partial charge is 0.0166 e. The molecule has 0 aromatic rings. The maximum atomic E-state index is 3.56. The molecule has 2 heterocycles. The molecule has 2 aliphatic rings. The summed E-state index contributed by atoms with van der Waals surface area (Å²) in [6, 6.07) is 0.657. The number of hydrogen-bond donors (Lipinski definition) is 1. The molecule has 2 saturated heterocycles. The summed E-state index contributed by atoms with van der Waals surface area (Å²) in [5.74, 6) is 0. The Bertz CT molecular complexity index is 213. The normalized spacial score (nSPS) is 30.4. The Kier molecular flexibility index (Phi) is 5.22. The van der Waals surface area contributed by atoms with E-state index in [1.54, 1.807) is 0 Å². The van der Waals surface area contributed by atoms with Crippen LogP contribution in [0, 0.1) is 0 Å². The molecule has 17 heavy (non-hydrogen) atoms. The molecule has 0 aromatic carbocycles. The molecule has 0 bridgehead atoms. The van der Waals surface area contributed by atoms with E-state index >= 15 is 0 Å². The number of nitrogens with zero attached hydrogens (tertiary/aromatic N) is 3.